The molecule has 0 bridgehead atoms. The predicted octanol–water partition coefficient (Wildman–Crippen LogP) is 2.14. The molecule has 0 aliphatic rings. The van der Waals surface area contributed by atoms with E-state index < -0.39 is 0 Å². The van der Waals surface area contributed by atoms with Gasteiger partial charge in [0.15, 0.2) is 0 Å². The van der Waals surface area contributed by atoms with Crippen LogP contribution in [0.1, 0.15) is 10.4 Å². The van der Waals surface area contributed by atoms with Gasteiger partial charge in [-0.05, 0) is 18.2 Å². The fourth-order valence-electron chi connectivity index (χ4n) is 1.13. The van der Waals surface area contributed by atoms with Gasteiger partial charge in [0, 0.05) is 21.7 Å². The van der Waals surface area contributed by atoms with Crippen molar-refractivity contribution in [3.63, 3.8) is 0 Å². The van der Waals surface area contributed by atoms with Crippen LogP contribution in [0, 0.1) is 0 Å². The average Bonchev–Trinajstić information content (AvgIpc) is 2.74. The number of carbonyl (C=O) groups excluding carboxylic acids is 1. The van der Waals surface area contributed by atoms with E-state index in [0.29, 0.717) is 16.3 Å². The summed E-state index contributed by atoms with van der Waals surface area (Å²) in [6, 6.07) is 5.11. The zero-order valence-electron chi connectivity index (χ0n) is 7.98. The van der Waals surface area contributed by atoms with Gasteiger partial charge >= 0.3 is 0 Å². The first-order chi connectivity index (χ1) is 7.66. The molecular weight excluding hydrogens is 292 g/mol. The zero-order valence-corrected chi connectivity index (χ0v) is 10.4. The van der Waals surface area contributed by atoms with Crippen LogP contribution in [0.25, 0.3) is 0 Å². The minimum Gasteiger partial charge on any atom is -0.398 e. The van der Waals surface area contributed by atoms with E-state index in [-0.39, 0.29) is 5.91 Å². The molecule has 5 nitrogen and oxygen atoms in total. The van der Waals surface area contributed by atoms with Gasteiger partial charge in [0.05, 0.1) is 11.8 Å². The molecule has 7 heteroatoms. The highest BCUT2D eigenvalue weighted by atomic mass is 79.9. The van der Waals surface area contributed by atoms with E-state index in [0.717, 1.165) is 16.0 Å². The fourth-order valence-corrected chi connectivity index (χ4v) is 1.90. The van der Waals surface area contributed by atoms with Crippen molar-refractivity contribution in [2.75, 3.05) is 11.1 Å². The summed E-state index contributed by atoms with van der Waals surface area (Å²) < 4.78 is 4.45. The molecule has 16 heavy (non-hydrogen) atoms. The molecule has 0 saturated carbocycles. The molecule has 1 aromatic carbocycles. The van der Waals surface area contributed by atoms with E-state index in [1.807, 2.05) is 0 Å². The molecule has 0 atom stereocenters. The van der Waals surface area contributed by atoms with Crippen LogP contribution in [-0.4, -0.2) is 15.5 Å². The Hall–Kier alpha value is -1.47. The second-order valence-corrected chi connectivity index (χ2v) is 4.67. The number of aromatic nitrogens is 2. The number of nitrogens with zero attached hydrogens (tertiary/aromatic N) is 2. The lowest BCUT2D eigenvalue weighted by Gasteiger charge is -2.05. The summed E-state index contributed by atoms with van der Waals surface area (Å²) in [4.78, 5) is 11.8. The third-order valence-corrected chi connectivity index (χ3v) is 2.93. The summed E-state index contributed by atoms with van der Waals surface area (Å²) >= 11 is 4.40. The molecule has 1 heterocycles. The van der Waals surface area contributed by atoms with Crippen molar-refractivity contribution in [3.05, 3.63) is 34.4 Å². The smallest absolute Gasteiger partial charge is 0.258 e. The minimum absolute atomic E-state index is 0.273. The maximum absolute atomic E-state index is 11.8. The summed E-state index contributed by atoms with van der Waals surface area (Å²) in [5, 5.41) is 6.87. The summed E-state index contributed by atoms with van der Waals surface area (Å²) in [6.07, 6.45) is 1.48. The topological polar surface area (TPSA) is 80.9 Å². The maximum atomic E-state index is 11.8. The van der Waals surface area contributed by atoms with E-state index in [4.69, 9.17) is 5.73 Å². The Morgan fingerprint density at radius 2 is 2.31 bits per heavy atom. The van der Waals surface area contributed by atoms with Crippen LogP contribution in [0.4, 0.5) is 10.7 Å². The van der Waals surface area contributed by atoms with Gasteiger partial charge in [0.25, 0.3) is 5.91 Å². The van der Waals surface area contributed by atoms with Crippen LogP contribution in [0.3, 0.4) is 0 Å². The first-order valence-electron chi connectivity index (χ1n) is 4.30. The molecule has 0 unspecified atom stereocenters. The van der Waals surface area contributed by atoms with Crippen molar-refractivity contribution in [2.45, 2.75) is 0 Å². The van der Waals surface area contributed by atoms with Crippen molar-refractivity contribution in [3.8, 4) is 0 Å². The number of nitrogen functional groups attached to an aromatic ring is 1. The number of hydrogen-bond acceptors (Lipinski definition) is 5. The number of rotatable bonds is 2. The lowest BCUT2D eigenvalue weighted by molar-refractivity contribution is 0.102. The zero-order chi connectivity index (χ0) is 11.5. The summed E-state index contributed by atoms with van der Waals surface area (Å²) in [7, 11) is 0. The number of halogens is 1. The van der Waals surface area contributed by atoms with Crippen molar-refractivity contribution < 1.29 is 4.79 Å². The van der Waals surface area contributed by atoms with Gasteiger partial charge in [-0.25, -0.2) is 0 Å². The quantitative estimate of drug-likeness (QED) is 0.832. The monoisotopic (exact) mass is 298 g/mol. The van der Waals surface area contributed by atoms with E-state index in [2.05, 4.69) is 30.8 Å². The summed E-state index contributed by atoms with van der Waals surface area (Å²) in [5.74, 6) is -0.273. The Kier molecular flexibility index (Phi) is 3.16. The number of anilines is 2. The van der Waals surface area contributed by atoms with Gasteiger partial charge < -0.3 is 11.1 Å². The highest BCUT2D eigenvalue weighted by molar-refractivity contribution is 9.10. The third-order valence-electron chi connectivity index (χ3n) is 1.86. The number of nitrogens with two attached hydrogens (primary N) is 1. The lowest BCUT2D eigenvalue weighted by Crippen LogP contribution is -2.13. The van der Waals surface area contributed by atoms with Gasteiger partial charge in [-0.3, -0.25) is 4.79 Å². The summed E-state index contributed by atoms with van der Waals surface area (Å²) in [5.41, 5.74) is 6.56. The molecule has 1 amide bonds. The Morgan fingerprint density at radius 1 is 1.50 bits per heavy atom. The van der Waals surface area contributed by atoms with E-state index in [1.54, 1.807) is 18.2 Å². The SMILES string of the molecule is Nc1ccc(Br)cc1C(=O)Nc1cnns1. The molecule has 2 aromatic rings. The number of carbonyl (C=O) groups is 1. The van der Waals surface area contributed by atoms with Crippen LogP contribution in [-0.2, 0) is 0 Å². The fraction of sp³-hybridized carbons (Fsp3) is 0. The van der Waals surface area contributed by atoms with Gasteiger partial charge in [-0.1, -0.05) is 20.4 Å². The van der Waals surface area contributed by atoms with Crippen LogP contribution < -0.4 is 11.1 Å². The number of amides is 1. The number of nitrogens with one attached hydrogen (secondary N) is 1. The van der Waals surface area contributed by atoms with Crippen LogP contribution >= 0.6 is 27.5 Å². The van der Waals surface area contributed by atoms with E-state index >= 15 is 0 Å². The Bertz CT molecular complexity index is 514. The highest BCUT2D eigenvalue weighted by Gasteiger charge is 2.11. The van der Waals surface area contributed by atoms with Gasteiger partial charge in [0.1, 0.15) is 5.00 Å². The minimum atomic E-state index is -0.273. The molecule has 0 aliphatic carbocycles. The van der Waals surface area contributed by atoms with E-state index in [1.165, 1.54) is 6.20 Å². The lowest BCUT2D eigenvalue weighted by atomic mass is 10.2. The standard InChI is InChI=1S/C9H7BrN4OS/c10-5-1-2-7(11)6(3-5)9(15)13-8-4-12-14-16-8/h1-4H,11H2,(H,13,15). The molecule has 0 fully saturated rings. The second-order valence-electron chi connectivity index (χ2n) is 2.97. The average molecular weight is 299 g/mol. The highest BCUT2D eigenvalue weighted by Crippen LogP contribution is 2.20. The third kappa shape index (κ3) is 2.37. The van der Waals surface area contributed by atoms with Gasteiger partial charge in [-0.15, -0.1) is 5.10 Å². The first kappa shape index (κ1) is 11.0. The van der Waals surface area contributed by atoms with Crippen molar-refractivity contribution in [1.82, 2.24) is 9.59 Å². The van der Waals surface area contributed by atoms with Crippen molar-refractivity contribution in [2.24, 2.45) is 0 Å². The van der Waals surface area contributed by atoms with Crippen molar-refractivity contribution >= 4 is 44.1 Å². The molecule has 2 rings (SSSR count). The molecule has 0 aliphatic heterocycles. The first-order valence-corrected chi connectivity index (χ1v) is 5.87. The molecule has 0 saturated heterocycles. The van der Waals surface area contributed by atoms with Crippen LogP contribution in [0.15, 0.2) is 28.9 Å². The van der Waals surface area contributed by atoms with Crippen LogP contribution in [0.2, 0.25) is 0 Å². The largest absolute Gasteiger partial charge is 0.398 e. The normalized spacial score (nSPS) is 10.1. The molecule has 0 radical (unpaired) electrons. The van der Waals surface area contributed by atoms with E-state index in [9.17, 15) is 4.79 Å². The van der Waals surface area contributed by atoms with Gasteiger partial charge in [0.2, 0.25) is 0 Å². The van der Waals surface area contributed by atoms with Gasteiger partial charge in [-0.2, -0.15) is 0 Å². The maximum Gasteiger partial charge on any atom is 0.258 e. The molecule has 1 aromatic heterocycles. The second kappa shape index (κ2) is 4.58. The molecular formula is C9H7BrN4OS. The Balaban J connectivity index is 2.24. The number of hydrogen-bond donors (Lipinski definition) is 2. The Labute approximate surface area is 104 Å². The van der Waals surface area contributed by atoms with Crippen LogP contribution in [0.5, 0.6) is 0 Å². The molecule has 3 N–H and O–H groups in total. The molecule has 0 spiro atoms. The number of benzene rings is 1. The predicted molar refractivity (Wildman–Crippen MR) is 66.4 cm³/mol. The van der Waals surface area contributed by atoms with Crippen molar-refractivity contribution in [1.29, 1.82) is 0 Å². The molecule has 82 valence electrons. The Morgan fingerprint density at radius 3 is 3.00 bits per heavy atom. The summed E-state index contributed by atoms with van der Waals surface area (Å²) in [6.45, 7) is 0.